The number of likely N-dealkylation sites (N-methyl/N-ethyl adjacent to an activating group) is 1. The molecule has 0 radical (unpaired) electrons. The largest absolute Gasteiger partial charge is 0.350 e. The second kappa shape index (κ2) is 17.2. The number of piperidine rings is 2. The number of imide groups is 1. The van der Waals surface area contributed by atoms with Crippen molar-refractivity contribution < 1.29 is 33.6 Å². The molecule has 8 amide bonds. The summed E-state index contributed by atoms with van der Waals surface area (Å²) in [5.74, 6) is -2.40. The lowest BCUT2D eigenvalue weighted by atomic mass is 9.70. The average Bonchev–Trinajstić information content (AvgIpc) is 3.39. The molecule has 4 aliphatic rings. The molecule has 2 aliphatic heterocycles. The Morgan fingerprint density at radius 3 is 2.15 bits per heavy atom. The Labute approximate surface area is 315 Å². The van der Waals surface area contributed by atoms with Crippen LogP contribution in [0.25, 0.3) is 0 Å². The van der Waals surface area contributed by atoms with Gasteiger partial charge in [0.25, 0.3) is 5.91 Å². The number of hydrogen-bond donors (Lipinski definition) is 5. The zero-order chi connectivity index (χ0) is 39.3. The Morgan fingerprint density at radius 1 is 0.887 bits per heavy atom. The minimum Gasteiger partial charge on any atom is -0.350 e. The van der Waals surface area contributed by atoms with Gasteiger partial charge >= 0.3 is 12.1 Å². The molecule has 0 aromatic heterocycles. The summed E-state index contributed by atoms with van der Waals surface area (Å²) < 4.78 is 0. The average molecular weight is 744 g/mol. The molecule has 4 rings (SSSR count). The first-order valence-corrected chi connectivity index (χ1v) is 19.9. The first-order valence-electron chi connectivity index (χ1n) is 19.9. The molecule has 6 atom stereocenters. The summed E-state index contributed by atoms with van der Waals surface area (Å²) in [6, 6.07) is -4.93. The summed E-state index contributed by atoms with van der Waals surface area (Å²) in [5.41, 5.74) is -1.26. The molecule has 2 heterocycles. The van der Waals surface area contributed by atoms with Crippen molar-refractivity contribution in [2.24, 2.45) is 28.1 Å². The molecule has 2 saturated carbocycles. The fourth-order valence-corrected chi connectivity index (χ4v) is 8.78. The van der Waals surface area contributed by atoms with Crippen LogP contribution in [0, 0.1) is 28.1 Å². The van der Waals surface area contributed by atoms with E-state index in [1.54, 1.807) is 16.7 Å². The fraction of sp³-hybridized carbons (Fsp3) is 0.821. The Bertz CT molecular complexity index is 1400. The highest BCUT2D eigenvalue weighted by atomic mass is 16.2. The minimum absolute atomic E-state index is 0.0486. The monoisotopic (exact) mass is 743 g/mol. The Hall–Kier alpha value is -3.71. The molecule has 0 bridgehead atoms. The van der Waals surface area contributed by atoms with E-state index in [0.717, 1.165) is 38.5 Å². The van der Waals surface area contributed by atoms with Gasteiger partial charge in [0.15, 0.2) is 0 Å². The number of likely N-dealkylation sites (tertiary alicyclic amines) is 2. The highest BCUT2D eigenvalue weighted by molar-refractivity contribution is 6.38. The number of nitrogens with zero attached hydrogens (tertiary/aromatic N) is 2. The number of hydrogen-bond acceptors (Lipinski definition) is 7. The van der Waals surface area contributed by atoms with Crippen LogP contribution >= 0.6 is 0 Å². The summed E-state index contributed by atoms with van der Waals surface area (Å²) in [5, 5.41) is 13.5. The topological polar surface area (TPSA) is 186 Å². The maximum Gasteiger partial charge on any atom is 0.323 e. The lowest BCUT2D eigenvalue weighted by Crippen LogP contribution is -2.63. The van der Waals surface area contributed by atoms with Crippen LogP contribution in [-0.2, 0) is 24.0 Å². The van der Waals surface area contributed by atoms with E-state index in [1.165, 1.54) is 0 Å². The van der Waals surface area contributed by atoms with Gasteiger partial charge in [-0.2, -0.15) is 0 Å². The van der Waals surface area contributed by atoms with Crippen molar-refractivity contribution in [3.63, 3.8) is 0 Å². The summed E-state index contributed by atoms with van der Waals surface area (Å²) in [6.07, 6.45) is 8.01. The molecule has 2 saturated heterocycles. The number of unbranched alkanes of at least 4 members (excludes halogenated alkanes) is 1. The van der Waals surface area contributed by atoms with Crippen LogP contribution in [0.5, 0.6) is 0 Å². The number of ketones is 1. The molecule has 14 nitrogen and oxygen atoms in total. The number of carbonyl (C=O) groups excluding carboxylic acids is 7. The SMILES string of the molecule is CCCCC(NC(=O)[C@@H]1[C@@H]2[C@H](CN1C(=O)[C@@H](NC(=O)NC(=O)N[C@H](CN1CCCCC1=O)C(C)(C)C)C1(C)CCCCC1)C2(C)C)C(=O)C(=O)NCC. The van der Waals surface area contributed by atoms with Gasteiger partial charge in [0.1, 0.15) is 12.1 Å². The van der Waals surface area contributed by atoms with Crippen LogP contribution in [-0.4, -0.2) is 102 Å². The van der Waals surface area contributed by atoms with Crippen LogP contribution < -0.4 is 26.6 Å². The minimum atomic E-state index is -1.02. The number of nitrogens with one attached hydrogen (secondary N) is 5. The van der Waals surface area contributed by atoms with Crippen molar-refractivity contribution in [2.75, 3.05) is 26.2 Å². The quantitative estimate of drug-likeness (QED) is 0.168. The molecule has 0 spiro atoms. The van der Waals surface area contributed by atoms with Crippen LogP contribution in [0.3, 0.4) is 0 Å². The van der Waals surface area contributed by atoms with E-state index in [1.807, 2.05) is 34.6 Å². The lowest BCUT2D eigenvalue weighted by molar-refractivity contribution is -0.146. The van der Waals surface area contributed by atoms with Crippen molar-refractivity contribution in [3.05, 3.63) is 0 Å². The van der Waals surface area contributed by atoms with Crippen molar-refractivity contribution in [1.29, 1.82) is 0 Å². The van der Waals surface area contributed by atoms with Gasteiger partial charge in [0.2, 0.25) is 23.5 Å². The van der Waals surface area contributed by atoms with Gasteiger partial charge in [-0.05, 0) is 67.1 Å². The summed E-state index contributed by atoms with van der Waals surface area (Å²) >= 11 is 0. The van der Waals surface area contributed by atoms with Crippen LogP contribution in [0.4, 0.5) is 9.59 Å². The van der Waals surface area contributed by atoms with Gasteiger partial charge in [-0.1, -0.05) is 80.6 Å². The highest BCUT2D eigenvalue weighted by Crippen LogP contribution is 2.65. The van der Waals surface area contributed by atoms with Crippen molar-refractivity contribution >= 4 is 41.5 Å². The summed E-state index contributed by atoms with van der Waals surface area (Å²) in [4.78, 5) is 97.3. The number of carbonyl (C=O) groups is 7. The summed E-state index contributed by atoms with van der Waals surface area (Å²) in [6.45, 7) is 17.2. The van der Waals surface area contributed by atoms with E-state index in [9.17, 15) is 33.6 Å². The second-order valence-electron chi connectivity index (χ2n) is 17.8. The number of urea groups is 2. The van der Waals surface area contributed by atoms with E-state index in [-0.39, 0.29) is 29.7 Å². The molecule has 14 heteroatoms. The van der Waals surface area contributed by atoms with E-state index < -0.39 is 70.6 Å². The van der Waals surface area contributed by atoms with Gasteiger partial charge in [0, 0.05) is 32.6 Å². The smallest absolute Gasteiger partial charge is 0.323 e. The maximum absolute atomic E-state index is 14.7. The van der Waals surface area contributed by atoms with E-state index in [2.05, 4.69) is 40.4 Å². The predicted molar refractivity (Wildman–Crippen MR) is 200 cm³/mol. The highest BCUT2D eigenvalue weighted by Gasteiger charge is 2.70. The van der Waals surface area contributed by atoms with Gasteiger partial charge in [-0.3, -0.25) is 29.3 Å². The molecule has 1 unspecified atom stereocenters. The standard InChI is InChI=1S/C39H65N7O7/c1-9-11-17-25(30(48)33(50)40-10-2)41-32(49)29-28-24(38(28,6)7)22-46(29)34(51)31(39(8)19-14-12-15-20-39)43-36(53)44-35(52)42-26(37(3,4)5)23-45-21-16-13-18-27(45)47/h24-26,28-29,31H,9-23H2,1-8H3,(H,40,50)(H,41,49)(H3,42,43,44,52,53)/t24-,25?,26+,28-,29-,31+/m0/s1. The molecular weight excluding hydrogens is 678 g/mol. The third-order valence-corrected chi connectivity index (χ3v) is 12.4. The van der Waals surface area contributed by atoms with Crippen molar-refractivity contribution in [3.8, 4) is 0 Å². The second-order valence-corrected chi connectivity index (χ2v) is 17.8. The van der Waals surface area contributed by atoms with E-state index in [4.69, 9.17) is 0 Å². The van der Waals surface area contributed by atoms with Gasteiger partial charge < -0.3 is 31.1 Å². The first-order chi connectivity index (χ1) is 24.8. The molecule has 5 N–H and O–H groups in total. The number of rotatable bonds is 14. The van der Waals surface area contributed by atoms with Gasteiger partial charge in [0.05, 0.1) is 12.1 Å². The van der Waals surface area contributed by atoms with Crippen molar-refractivity contribution in [2.45, 2.75) is 150 Å². The van der Waals surface area contributed by atoms with E-state index in [0.29, 0.717) is 51.7 Å². The van der Waals surface area contributed by atoms with Gasteiger partial charge in [-0.15, -0.1) is 0 Å². The van der Waals surface area contributed by atoms with Crippen LogP contribution in [0.2, 0.25) is 0 Å². The molecule has 0 aromatic carbocycles. The molecule has 0 aromatic rings. The number of fused-ring (bicyclic) bond motifs is 1. The van der Waals surface area contributed by atoms with E-state index >= 15 is 0 Å². The lowest BCUT2D eigenvalue weighted by Gasteiger charge is -2.43. The fourth-order valence-electron chi connectivity index (χ4n) is 8.78. The molecule has 4 fully saturated rings. The van der Waals surface area contributed by atoms with Gasteiger partial charge in [-0.25, -0.2) is 9.59 Å². The predicted octanol–water partition coefficient (Wildman–Crippen LogP) is 3.62. The molecular formula is C39H65N7O7. The molecule has 53 heavy (non-hydrogen) atoms. The maximum atomic E-state index is 14.7. The Kier molecular flexibility index (Phi) is 13.6. The Balaban J connectivity index is 1.53. The van der Waals surface area contributed by atoms with Crippen LogP contribution in [0.15, 0.2) is 0 Å². The Morgan fingerprint density at radius 2 is 1.55 bits per heavy atom. The van der Waals surface area contributed by atoms with Crippen molar-refractivity contribution in [1.82, 2.24) is 36.4 Å². The summed E-state index contributed by atoms with van der Waals surface area (Å²) in [7, 11) is 0. The third kappa shape index (κ3) is 9.89. The molecule has 2 aliphatic carbocycles. The molecule has 298 valence electrons. The third-order valence-electron chi connectivity index (χ3n) is 12.4. The zero-order valence-corrected chi connectivity index (χ0v) is 33.3. The van der Waals surface area contributed by atoms with Crippen LogP contribution in [0.1, 0.15) is 126 Å². The number of Topliss-reactive ketones (excluding diaryl/α,β-unsaturated/α-hetero) is 1. The first kappa shape index (κ1) is 42.0. The number of amides is 8. The zero-order valence-electron chi connectivity index (χ0n) is 33.3. The normalized spacial score (nSPS) is 24.9.